The van der Waals surface area contributed by atoms with Crippen LogP contribution < -0.4 is 11.3 Å². The van der Waals surface area contributed by atoms with Gasteiger partial charge in [0.2, 0.25) is 0 Å². The molecule has 3 aromatic rings. The first-order chi connectivity index (χ1) is 9.69. The normalized spacial score (nSPS) is 12.9. The Morgan fingerprint density at radius 3 is 2.90 bits per heavy atom. The quantitative estimate of drug-likeness (QED) is 0.566. The predicted octanol–water partition coefficient (Wildman–Crippen LogP) is 3.22. The van der Waals surface area contributed by atoms with E-state index in [1.165, 1.54) is 12.1 Å². The highest BCUT2D eigenvalue weighted by molar-refractivity contribution is 5.82. The van der Waals surface area contributed by atoms with Gasteiger partial charge in [-0.2, -0.15) is 0 Å². The Kier molecular flexibility index (Phi) is 3.30. The summed E-state index contributed by atoms with van der Waals surface area (Å²) < 4.78 is 24.4. The number of aryl methyl sites for hydroxylation is 1. The van der Waals surface area contributed by atoms with Crippen LogP contribution in [0.4, 0.5) is 4.39 Å². The van der Waals surface area contributed by atoms with E-state index in [0.717, 1.165) is 16.7 Å². The average Bonchev–Trinajstić information content (AvgIpc) is 3.05. The fraction of sp³-hybridized carbons (Fsp3) is 0.200. The van der Waals surface area contributed by atoms with Crippen LogP contribution in [-0.2, 0) is 6.42 Å². The summed E-state index contributed by atoms with van der Waals surface area (Å²) >= 11 is 0. The monoisotopic (exact) mass is 274 g/mol. The molecule has 104 valence electrons. The highest BCUT2D eigenvalue weighted by Crippen LogP contribution is 2.31. The SMILES string of the molecule is Cc1c(C(Cc2ccco2)NN)oc2ccc(F)cc12. The lowest BCUT2D eigenvalue weighted by Gasteiger charge is -2.12. The van der Waals surface area contributed by atoms with Crippen LogP contribution in [0.1, 0.15) is 23.1 Å². The van der Waals surface area contributed by atoms with Gasteiger partial charge in [0.1, 0.15) is 22.9 Å². The molecule has 20 heavy (non-hydrogen) atoms. The standard InChI is InChI=1S/C15H15FN2O2/c1-9-12-7-10(16)4-5-14(12)20-15(9)13(18-17)8-11-3-2-6-19-11/h2-7,13,18H,8,17H2,1H3. The zero-order valence-electron chi connectivity index (χ0n) is 11.0. The van der Waals surface area contributed by atoms with E-state index in [2.05, 4.69) is 5.43 Å². The summed E-state index contributed by atoms with van der Waals surface area (Å²) in [6.07, 6.45) is 2.18. The highest BCUT2D eigenvalue weighted by atomic mass is 19.1. The largest absolute Gasteiger partial charge is 0.469 e. The van der Waals surface area contributed by atoms with Crippen molar-refractivity contribution < 1.29 is 13.2 Å². The molecule has 0 bridgehead atoms. The van der Waals surface area contributed by atoms with Gasteiger partial charge >= 0.3 is 0 Å². The maximum Gasteiger partial charge on any atom is 0.134 e. The first-order valence-corrected chi connectivity index (χ1v) is 6.36. The Labute approximate surface area is 115 Å². The number of hydrazine groups is 1. The maximum absolute atomic E-state index is 13.3. The molecule has 0 saturated carbocycles. The van der Waals surface area contributed by atoms with Gasteiger partial charge in [-0.15, -0.1) is 0 Å². The lowest BCUT2D eigenvalue weighted by molar-refractivity contribution is 0.398. The van der Waals surface area contributed by atoms with Crippen LogP contribution in [-0.4, -0.2) is 0 Å². The summed E-state index contributed by atoms with van der Waals surface area (Å²) in [6, 6.07) is 7.95. The van der Waals surface area contributed by atoms with Crippen molar-refractivity contribution >= 4 is 11.0 Å². The lowest BCUT2D eigenvalue weighted by atomic mass is 10.0. The van der Waals surface area contributed by atoms with E-state index in [0.29, 0.717) is 17.8 Å². The topological polar surface area (TPSA) is 64.3 Å². The number of rotatable bonds is 4. The summed E-state index contributed by atoms with van der Waals surface area (Å²) in [5.41, 5.74) is 4.26. The van der Waals surface area contributed by atoms with Crippen molar-refractivity contribution in [2.45, 2.75) is 19.4 Å². The summed E-state index contributed by atoms with van der Waals surface area (Å²) in [5, 5.41) is 0.764. The molecular weight excluding hydrogens is 259 g/mol. The number of halogens is 1. The van der Waals surface area contributed by atoms with Crippen LogP contribution in [0.3, 0.4) is 0 Å². The van der Waals surface area contributed by atoms with Crippen LogP contribution in [0.15, 0.2) is 45.4 Å². The molecule has 5 heteroatoms. The summed E-state index contributed by atoms with van der Waals surface area (Å²) in [6.45, 7) is 1.90. The van der Waals surface area contributed by atoms with Gasteiger partial charge in [0, 0.05) is 17.4 Å². The first kappa shape index (κ1) is 12.9. The van der Waals surface area contributed by atoms with Crippen molar-refractivity contribution in [1.29, 1.82) is 0 Å². The number of furan rings is 2. The third-order valence-corrected chi connectivity index (χ3v) is 3.44. The second-order valence-corrected chi connectivity index (χ2v) is 4.73. The molecule has 2 heterocycles. The van der Waals surface area contributed by atoms with Crippen molar-refractivity contribution in [3.8, 4) is 0 Å². The molecule has 0 aliphatic heterocycles. The number of fused-ring (bicyclic) bond motifs is 1. The minimum atomic E-state index is -0.281. The molecule has 1 unspecified atom stereocenters. The van der Waals surface area contributed by atoms with Gasteiger partial charge in [-0.1, -0.05) is 0 Å². The minimum Gasteiger partial charge on any atom is -0.469 e. The van der Waals surface area contributed by atoms with Crippen molar-refractivity contribution in [3.63, 3.8) is 0 Å². The van der Waals surface area contributed by atoms with Crippen molar-refractivity contribution in [2.24, 2.45) is 5.84 Å². The molecule has 3 rings (SSSR count). The average molecular weight is 274 g/mol. The van der Waals surface area contributed by atoms with Gasteiger partial charge < -0.3 is 8.83 Å². The molecule has 1 atom stereocenters. The van der Waals surface area contributed by atoms with E-state index >= 15 is 0 Å². The Morgan fingerprint density at radius 2 is 2.20 bits per heavy atom. The molecule has 0 radical (unpaired) electrons. The number of benzene rings is 1. The predicted molar refractivity (Wildman–Crippen MR) is 73.4 cm³/mol. The highest BCUT2D eigenvalue weighted by Gasteiger charge is 2.21. The molecule has 0 fully saturated rings. The zero-order chi connectivity index (χ0) is 14.1. The molecule has 0 aliphatic carbocycles. The Hall–Kier alpha value is -2.11. The summed E-state index contributed by atoms with van der Waals surface area (Å²) in [5.74, 6) is 6.84. The summed E-state index contributed by atoms with van der Waals surface area (Å²) in [4.78, 5) is 0. The van der Waals surface area contributed by atoms with E-state index in [4.69, 9.17) is 14.7 Å². The molecule has 2 aromatic heterocycles. The van der Waals surface area contributed by atoms with E-state index in [1.54, 1.807) is 12.3 Å². The van der Waals surface area contributed by atoms with Gasteiger partial charge in [-0.05, 0) is 37.3 Å². The zero-order valence-corrected chi connectivity index (χ0v) is 11.0. The maximum atomic E-state index is 13.3. The van der Waals surface area contributed by atoms with Gasteiger partial charge in [-0.25, -0.2) is 9.82 Å². The van der Waals surface area contributed by atoms with Crippen molar-refractivity contribution in [1.82, 2.24) is 5.43 Å². The fourth-order valence-electron chi connectivity index (χ4n) is 2.40. The van der Waals surface area contributed by atoms with E-state index < -0.39 is 0 Å². The Morgan fingerprint density at radius 1 is 1.35 bits per heavy atom. The lowest BCUT2D eigenvalue weighted by Crippen LogP contribution is -2.29. The van der Waals surface area contributed by atoms with Crippen LogP contribution >= 0.6 is 0 Å². The van der Waals surface area contributed by atoms with Crippen molar-refractivity contribution in [2.75, 3.05) is 0 Å². The van der Waals surface area contributed by atoms with Crippen molar-refractivity contribution in [3.05, 3.63) is 59.5 Å². The molecule has 1 aromatic carbocycles. The molecule has 4 nitrogen and oxygen atoms in total. The van der Waals surface area contributed by atoms with Crippen LogP contribution in [0.25, 0.3) is 11.0 Å². The number of hydrogen-bond donors (Lipinski definition) is 2. The molecule has 0 spiro atoms. The van der Waals surface area contributed by atoms with Crippen LogP contribution in [0, 0.1) is 12.7 Å². The molecule has 0 aliphatic rings. The van der Waals surface area contributed by atoms with Gasteiger partial charge in [0.25, 0.3) is 0 Å². The third-order valence-electron chi connectivity index (χ3n) is 3.44. The Bertz CT molecular complexity index is 719. The number of nitrogens with two attached hydrogens (primary N) is 1. The van der Waals surface area contributed by atoms with Crippen LogP contribution in [0.2, 0.25) is 0 Å². The third kappa shape index (κ3) is 2.21. The molecular formula is C15H15FN2O2. The molecule has 0 saturated heterocycles. The van der Waals surface area contributed by atoms with Gasteiger partial charge in [0.05, 0.1) is 12.3 Å². The van der Waals surface area contributed by atoms with E-state index in [1.807, 2.05) is 19.1 Å². The molecule has 3 N–H and O–H groups in total. The first-order valence-electron chi connectivity index (χ1n) is 6.36. The molecule has 0 amide bonds. The van der Waals surface area contributed by atoms with Gasteiger partial charge in [0.15, 0.2) is 0 Å². The minimum absolute atomic E-state index is 0.225. The van der Waals surface area contributed by atoms with Gasteiger partial charge in [-0.3, -0.25) is 5.84 Å². The Balaban J connectivity index is 2.01. The van der Waals surface area contributed by atoms with E-state index in [9.17, 15) is 4.39 Å². The fourth-order valence-corrected chi connectivity index (χ4v) is 2.40. The summed E-state index contributed by atoms with van der Waals surface area (Å²) in [7, 11) is 0. The number of nitrogens with one attached hydrogen (secondary N) is 1. The smallest absolute Gasteiger partial charge is 0.134 e. The van der Waals surface area contributed by atoms with Crippen LogP contribution in [0.5, 0.6) is 0 Å². The number of hydrogen-bond acceptors (Lipinski definition) is 4. The van der Waals surface area contributed by atoms with E-state index in [-0.39, 0.29) is 11.9 Å². The second-order valence-electron chi connectivity index (χ2n) is 4.73. The second kappa shape index (κ2) is 5.11.